The Kier molecular flexibility index (Phi) is 3.75. The first-order valence-corrected chi connectivity index (χ1v) is 8.88. The van der Waals surface area contributed by atoms with Gasteiger partial charge in [-0.05, 0) is 42.5 Å². The van der Waals surface area contributed by atoms with E-state index in [1.165, 1.54) is 10.4 Å². The number of para-hydroxylation sites is 1. The average Bonchev–Trinajstić information content (AvgIpc) is 3.04. The largest absolute Gasteiger partial charge is 0.310 e. The molecule has 0 amide bonds. The lowest BCUT2D eigenvalue weighted by molar-refractivity contribution is 0.201. The number of hydrogen-bond donors (Lipinski definition) is 1. The summed E-state index contributed by atoms with van der Waals surface area (Å²) in [6.07, 6.45) is 1.89. The Morgan fingerprint density at radius 3 is 3.13 bits per heavy atom. The van der Waals surface area contributed by atoms with Crippen LogP contribution in [-0.2, 0) is 12.8 Å². The summed E-state index contributed by atoms with van der Waals surface area (Å²) in [5.41, 5.74) is 2.19. The van der Waals surface area contributed by atoms with E-state index in [0.29, 0.717) is 11.4 Å². The number of H-pyrrole nitrogens is 1. The number of nitrogens with zero attached hydrogens (tertiary/aromatic N) is 2. The van der Waals surface area contributed by atoms with E-state index in [0.717, 1.165) is 37.3 Å². The second-order valence-corrected chi connectivity index (χ2v) is 7.04. The predicted octanol–water partition coefficient (Wildman–Crippen LogP) is 3.15. The highest BCUT2D eigenvalue weighted by molar-refractivity contribution is 7.10. The molecule has 4 rings (SSSR count). The number of rotatable bonds is 3. The van der Waals surface area contributed by atoms with E-state index in [4.69, 9.17) is 0 Å². The first kappa shape index (κ1) is 14.6. The number of nitrogens with one attached hydrogen (secondary N) is 1. The Morgan fingerprint density at radius 1 is 1.35 bits per heavy atom. The van der Waals surface area contributed by atoms with Gasteiger partial charge in [-0.2, -0.15) is 0 Å². The molecule has 3 aromatic rings. The maximum absolute atomic E-state index is 12.1. The van der Waals surface area contributed by atoms with Crippen LogP contribution in [0.15, 0.2) is 40.5 Å². The molecule has 3 heterocycles. The molecule has 2 aromatic heterocycles. The molecule has 118 valence electrons. The Bertz CT molecular complexity index is 898. The predicted molar refractivity (Wildman–Crippen MR) is 94.1 cm³/mol. The van der Waals surface area contributed by atoms with E-state index in [2.05, 4.69) is 33.2 Å². The van der Waals surface area contributed by atoms with E-state index < -0.39 is 0 Å². The van der Waals surface area contributed by atoms with Crippen LogP contribution in [0.4, 0.5) is 0 Å². The summed E-state index contributed by atoms with van der Waals surface area (Å²) >= 11 is 1.86. The minimum absolute atomic E-state index is 0.0441. The van der Waals surface area contributed by atoms with Gasteiger partial charge in [0.15, 0.2) is 0 Å². The highest BCUT2D eigenvalue weighted by Crippen LogP contribution is 2.32. The van der Waals surface area contributed by atoms with Gasteiger partial charge in [0.1, 0.15) is 5.82 Å². The van der Waals surface area contributed by atoms with Crippen LogP contribution < -0.4 is 5.56 Å². The standard InChI is InChI=1S/C18H19N3OS/c1-12-13-8-11-23-16(13)6-9-21(12)10-7-17-19-15-5-3-2-4-14(15)18(22)20-17/h2-5,8,11-12H,6-7,9-10H2,1H3,(H,19,20,22). The van der Waals surface area contributed by atoms with Crippen molar-refractivity contribution in [2.75, 3.05) is 13.1 Å². The van der Waals surface area contributed by atoms with E-state index in [9.17, 15) is 4.79 Å². The maximum atomic E-state index is 12.1. The molecule has 1 aliphatic heterocycles. The molecular weight excluding hydrogens is 306 g/mol. The first-order valence-electron chi connectivity index (χ1n) is 8.00. The van der Waals surface area contributed by atoms with Crippen molar-refractivity contribution < 1.29 is 0 Å². The summed E-state index contributed by atoms with van der Waals surface area (Å²) in [6, 6.07) is 10.2. The number of aromatic nitrogens is 2. The van der Waals surface area contributed by atoms with Gasteiger partial charge in [-0.25, -0.2) is 4.98 Å². The van der Waals surface area contributed by atoms with Crippen LogP contribution in [0.3, 0.4) is 0 Å². The second-order valence-electron chi connectivity index (χ2n) is 6.04. The van der Waals surface area contributed by atoms with Crippen LogP contribution in [0.1, 0.15) is 29.2 Å². The van der Waals surface area contributed by atoms with Crippen LogP contribution in [0, 0.1) is 0 Å². The van der Waals surface area contributed by atoms with Crippen LogP contribution in [0.5, 0.6) is 0 Å². The van der Waals surface area contributed by atoms with Crippen molar-refractivity contribution in [1.82, 2.24) is 14.9 Å². The molecule has 0 spiro atoms. The monoisotopic (exact) mass is 325 g/mol. The number of fused-ring (bicyclic) bond motifs is 2. The van der Waals surface area contributed by atoms with Crippen LogP contribution in [0.25, 0.3) is 10.9 Å². The molecule has 1 unspecified atom stereocenters. The molecule has 1 N–H and O–H groups in total. The molecule has 1 aromatic carbocycles. The zero-order chi connectivity index (χ0) is 15.8. The van der Waals surface area contributed by atoms with Crippen molar-refractivity contribution in [2.24, 2.45) is 0 Å². The maximum Gasteiger partial charge on any atom is 0.258 e. The zero-order valence-corrected chi connectivity index (χ0v) is 13.9. The molecule has 0 saturated heterocycles. The van der Waals surface area contributed by atoms with Gasteiger partial charge in [-0.1, -0.05) is 12.1 Å². The molecule has 1 atom stereocenters. The zero-order valence-electron chi connectivity index (χ0n) is 13.1. The minimum Gasteiger partial charge on any atom is -0.310 e. The molecule has 0 saturated carbocycles. The van der Waals surface area contributed by atoms with Gasteiger partial charge >= 0.3 is 0 Å². The summed E-state index contributed by atoms with van der Waals surface area (Å²) in [5, 5.41) is 2.85. The van der Waals surface area contributed by atoms with Gasteiger partial charge < -0.3 is 4.98 Å². The van der Waals surface area contributed by atoms with Gasteiger partial charge in [-0.3, -0.25) is 9.69 Å². The van der Waals surface area contributed by atoms with Crippen molar-refractivity contribution in [3.05, 3.63) is 62.3 Å². The lowest BCUT2D eigenvalue weighted by Crippen LogP contribution is -2.35. The van der Waals surface area contributed by atoms with Crippen molar-refractivity contribution in [3.63, 3.8) is 0 Å². The quantitative estimate of drug-likeness (QED) is 0.805. The molecule has 0 fully saturated rings. The lowest BCUT2D eigenvalue weighted by atomic mass is 10.0. The average molecular weight is 325 g/mol. The molecule has 23 heavy (non-hydrogen) atoms. The fourth-order valence-electron chi connectivity index (χ4n) is 3.37. The fourth-order valence-corrected chi connectivity index (χ4v) is 4.33. The summed E-state index contributed by atoms with van der Waals surface area (Å²) in [4.78, 5) is 23.7. The van der Waals surface area contributed by atoms with Crippen LogP contribution in [0.2, 0.25) is 0 Å². The number of aromatic amines is 1. The second kappa shape index (κ2) is 5.91. The SMILES string of the molecule is CC1c2ccsc2CCN1CCc1nc2ccccc2c(=O)[nH]1. The minimum atomic E-state index is -0.0441. The molecular formula is C18H19N3OS. The molecule has 0 aliphatic carbocycles. The Morgan fingerprint density at radius 2 is 2.22 bits per heavy atom. The van der Waals surface area contributed by atoms with Crippen molar-refractivity contribution >= 4 is 22.2 Å². The molecule has 5 heteroatoms. The Labute approximate surface area is 138 Å². The van der Waals surface area contributed by atoms with Gasteiger partial charge in [0.05, 0.1) is 10.9 Å². The van der Waals surface area contributed by atoms with Gasteiger partial charge in [-0.15, -0.1) is 11.3 Å². The van der Waals surface area contributed by atoms with E-state index in [1.807, 2.05) is 35.6 Å². The molecule has 0 radical (unpaired) electrons. The van der Waals surface area contributed by atoms with Crippen LogP contribution >= 0.6 is 11.3 Å². The summed E-state index contributed by atoms with van der Waals surface area (Å²) in [6.45, 7) is 4.26. The van der Waals surface area contributed by atoms with Gasteiger partial charge in [0, 0.05) is 30.4 Å². The highest BCUT2D eigenvalue weighted by atomic mass is 32.1. The lowest BCUT2D eigenvalue weighted by Gasteiger charge is -2.33. The summed E-state index contributed by atoms with van der Waals surface area (Å²) < 4.78 is 0. The van der Waals surface area contributed by atoms with Crippen molar-refractivity contribution in [3.8, 4) is 0 Å². The molecule has 0 bridgehead atoms. The Hall–Kier alpha value is -1.98. The first-order chi connectivity index (χ1) is 11.2. The number of thiophene rings is 1. The topological polar surface area (TPSA) is 49.0 Å². The molecule has 1 aliphatic rings. The normalized spacial score (nSPS) is 18.2. The van der Waals surface area contributed by atoms with Crippen LogP contribution in [-0.4, -0.2) is 28.0 Å². The third-order valence-electron chi connectivity index (χ3n) is 4.70. The van der Waals surface area contributed by atoms with Gasteiger partial charge in [0.2, 0.25) is 0 Å². The summed E-state index contributed by atoms with van der Waals surface area (Å²) in [7, 11) is 0. The highest BCUT2D eigenvalue weighted by Gasteiger charge is 2.24. The third kappa shape index (κ3) is 2.71. The van der Waals surface area contributed by atoms with Gasteiger partial charge in [0.25, 0.3) is 5.56 Å². The van der Waals surface area contributed by atoms with E-state index in [1.54, 1.807) is 0 Å². The van der Waals surface area contributed by atoms with Crippen molar-refractivity contribution in [1.29, 1.82) is 0 Å². The van der Waals surface area contributed by atoms with E-state index in [-0.39, 0.29) is 5.56 Å². The number of hydrogen-bond acceptors (Lipinski definition) is 4. The Balaban J connectivity index is 1.53. The van der Waals surface area contributed by atoms with E-state index >= 15 is 0 Å². The number of benzene rings is 1. The smallest absolute Gasteiger partial charge is 0.258 e. The third-order valence-corrected chi connectivity index (χ3v) is 5.70. The fraction of sp³-hybridized carbons (Fsp3) is 0.333. The summed E-state index contributed by atoms with van der Waals surface area (Å²) in [5.74, 6) is 0.775. The van der Waals surface area contributed by atoms with Crippen molar-refractivity contribution in [2.45, 2.75) is 25.8 Å². The molecule has 4 nitrogen and oxygen atoms in total.